The molecule has 0 saturated heterocycles. The number of fused-ring (bicyclic) bond motifs is 1. The largest absolute Gasteiger partial charge is 0.451 e. The zero-order valence-electron chi connectivity index (χ0n) is 15.6. The van der Waals surface area contributed by atoms with Gasteiger partial charge in [-0.25, -0.2) is 4.98 Å². The molecule has 5 nitrogen and oxygen atoms in total. The van der Waals surface area contributed by atoms with Gasteiger partial charge in [-0.05, 0) is 54.6 Å². The summed E-state index contributed by atoms with van der Waals surface area (Å²) in [6, 6.07) is 25.5. The van der Waals surface area contributed by atoms with Crippen LogP contribution in [0.3, 0.4) is 0 Å². The summed E-state index contributed by atoms with van der Waals surface area (Å²) in [4.78, 5) is 17.1. The van der Waals surface area contributed by atoms with Crippen molar-refractivity contribution in [1.82, 2.24) is 4.98 Å². The number of anilines is 1. The second-order valence-electron chi connectivity index (χ2n) is 6.70. The number of carbonyl (C=O) groups excluding carboxylic acids is 1. The van der Waals surface area contributed by atoms with Gasteiger partial charge in [0.1, 0.15) is 11.3 Å². The second-order valence-corrected chi connectivity index (χ2v) is 7.13. The van der Waals surface area contributed by atoms with Crippen LogP contribution in [-0.4, -0.2) is 10.9 Å². The molecule has 0 fully saturated rings. The van der Waals surface area contributed by atoms with Crippen LogP contribution in [0.1, 0.15) is 10.6 Å². The highest BCUT2D eigenvalue weighted by Gasteiger charge is 2.14. The second kappa shape index (κ2) is 7.54. The SMILES string of the molecule is O=C(Nc1cccc(-c2nc3ccccc3o2)c1)c1ccc(-c2cccc(Cl)c2)o1. The Morgan fingerprint density at radius 1 is 0.833 bits per heavy atom. The zero-order chi connectivity index (χ0) is 20.5. The Kier molecular flexibility index (Phi) is 4.58. The van der Waals surface area contributed by atoms with Crippen LogP contribution in [0.2, 0.25) is 5.02 Å². The molecule has 5 rings (SSSR count). The molecule has 0 unspecified atom stereocenters. The summed E-state index contributed by atoms with van der Waals surface area (Å²) in [6.45, 7) is 0. The lowest BCUT2D eigenvalue weighted by Gasteiger charge is -2.05. The maximum absolute atomic E-state index is 12.6. The van der Waals surface area contributed by atoms with E-state index < -0.39 is 0 Å². The topological polar surface area (TPSA) is 68.3 Å². The van der Waals surface area contributed by atoms with Gasteiger partial charge in [0.25, 0.3) is 5.91 Å². The molecule has 0 radical (unpaired) electrons. The number of halogens is 1. The lowest BCUT2D eigenvalue weighted by Crippen LogP contribution is -2.10. The van der Waals surface area contributed by atoms with Crippen molar-refractivity contribution in [2.75, 3.05) is 5.32 Å². The number of rotatable bonds is 4. The first-order valence-corrected chi connectivity index (χ1v) is 9.67. The fourth-order valence-electron chi connectivity index (χ4n) is 3.18. The van der Waals surface area contributed by atoms with Crippen molar-refractivity contribution in [3.63, 3.8) is 0 Å². The zero-order valence-corrected chi connectivity index (χ0v) is 16.4. The van der Waals surface area contributed by atoms with Crippen LogP contribution in [0.25, 0.3) is 33.9 Å². The third-order valence-corrected chi connectivity index (χ3v) is 4.84. The van der Waals surface area contributed by atoms with Crippen molar-refractivity contribution in [3.05, 3.63) is 95.7 Å². The van der Waals surface area contributed by atoms with Crippen molar-refractivity contribution in [1.29, 1.82) is 0 Å². The predicted octanol–water partition coefficient (Wildman–Crippen LogP) is 6.66. The summed E-state index contributed by atoms with van der Waals surface area (Å²) in [7, 11) is 0. The van der Waals surface area contributed by atoms with E-state index in [1.54, 1.807) is 30.3 Å². The van der Waals surface area contributed by atoms with Crippen molar-refractivity contribution >= 4 is 34.3 Å². The van der Waals surface area contributed by atoms with Gasteiger partial charge in [0, 0.05) is 21.8 Å². The Labute approximate surface area is 176 Å². The van der Waals surface area contributed by atoms with Gasteiger partial charge < -0.3 is 14.2 Å². The third-order valence-electron chi connectivity index (χ3n) is 4.60. The highest BCUT2D eigenvalue weighted by atomic mass is 35.5. The molecule has 6 heteroatoms. The molecular weight excluding hydrogens is 400 g/mol. The van der Waals surface area contributed by atoms with Crippen LogP contribution < -0.4 is 5.32 Å². The molecule has 0 aliphatic carbocycles. The Hall–Kier alpha value is -3.83. The van der Waals surface area contributed by atoms with Crippen LogP contribution in [0.5, 0.6) is 0 Å². The lowest BCUT2D eigenvalue weighted by atomic mass is 10.2. The van der Waals surface area contributed by atoms with E-state index in [1.807, 2.05) is 54.6 Å². The van der Waals surface area contributed by atoms with Crippen LogP contribution in [0.15, 0.2) is 93.8 Å². The first-order valence-electron chi connectivity index (χ1n) is 9.29. The summed E-state index contributed by atoms with van der Waals surface area (Å²) in [5.74, 6) is 0.923. The summed E-state index contributed by atoms with van der Waals surface area (Å²) in [6.07, 6.45) is 0. The number of nitrogens with zero attached hydrogens (tertiary/aromatic N) is 1. The minimum absolute atomic E-state index is 0.206. The highest BCUT2D eigenvalue weighted by molar-refractivity contribution is 6.30. The number of hydrogen-bond donors (Lipinski definition) is 1. The Morgan fingerprint density at radius 2 is 1.67 bits per heavy atom. The van der Waals surface area contributed by atoms with Crippen molar-refractivity contribution in [2.24, 2.45) is 0 Å². The smallest absolute Gasteiger partial charge is 0.291 e. The van der Waals surface area contributed by atoms with Crippen molar-refractivity contribution < 1.29 is 13.6 Å². The molecule has 1 N–H and O–H groups in total. The average molecular weight is 415 g/mol. The van der Waals surface area contributed by atoms with E-state index >= 15 is 0 Å². The fourth-order valence-corrected chi connectivity index (χ4v) is 3.37. The van der Waals surface area contributed by atoms with Gasteiger partial charge in [0.15, 0.2) is 11.3 Å². The fraction of sp³-hybridized carbons (Fsp3) is 0. The summed E-state index contributed by atoms with van der Waals surface area (Å²) >= 11 is 6.03. The molecule has 0 atom stereocenters. The first kappa shape index (κ1) is 18.2. The van der Waals surface area contributed by atoms with E-state index in [0.29, 0.717) is 27.9 Å². The van der Waals surface area contributed by atoms with Gasteiger partial charge in [0.2, 0.25) is 5.89 Å². The number of oxazole rings is 1. The van der Waals surface area contributed by atoms with Gasteiger partial charge in [-0.15, -0.1) is 0 Å². The molecule has 146 valence electrons. The van der Waals surface area contributed by atoms with Crippen LogP contribution in [0, 0.1) is 0 Å². The molecule has 2 aromatic heterocycles. The molecule has 30 heavy (non-hydrogen) atoms. The van der Waals surface area contributed by atoms with E-state index in [9.17, 15) is 4.79 Å². The van der Waals surface area contributed by atoms with Gasteiger partial charge in [-0.3, -0.25) is 4.79 Å². The number of aromatic nitrogens is 1. The molecule has 1 amide bonds. The molecule has 2 heterocycles. The number of furan rings is 1. The van der Waals surface area contributed by atoms with Crippen LogP contribution in [-0.2, 0) is 0 Å². The summed E-state index contributed by atoms with van der Waals surface area (Å²) in [5.41, 5.74) is 3.68. The molecule has 0 bridgehead atoms. The minimum Gasteiger partial charge on any atom is -0.451 e. The molecule has 0 spiro atoms. The van der Waals surface area contributed by atoms with Crippen molar-refractivity contribution in [2.45, 2.75) is 0 Å². The Bertz CT molecular complexity index is 1340. The summed E-state index contributed by atoms with van der Waals surface area (Å²) < 4.78 is 11.5. The highest BCUT2D eigenvalue weighted by Crippen LogP contribution is 2.27. The number of benzene rings is 3. The number of hydrogen-bond acceptors (Lipinski definition) is 4. The number of nitrogens with one attached hydrogen (secondary N) is 1. The van der Waals surface area contributed by atoms with Crippen molar-refractivity contribution in [3.8, 4) is 22.8 Å². The molecule has 3 aromatic carbocycles. The van der Waals surface area contributed by atoms with E-state index in [-0.39, 0.29) is 11.7 Å². The lowest BCUT2D eigenvalue weighted by molar-refractivity contribution is 0.0997. The normalized spacial score (nSPS) is 11.0. The molecule has 0 aliphatic heterocycles. The molecule has 0 aliphatic rings. The monoisotopic (exact) mass is 414 g/mol. The minimum atomic E-state index is -0.349. The maximum Gasteiger partial charge on any atom is 0.291 e. The molecule has 5 aromatic rings. The van der Waals surface area contributed by atoms with Gasteiger partial charge in [-0.2, -0.15) is 0 Å². The van der Waals surface area contributed by atoms with Crippen LogP contribution >= 0.6 is 11.6 Å². The summed E-state index contributed by atoms with van der Waals surface area (Å²) in [5, 5.41) is 3.45. The molecule has 0 saturated carbocycles. The number of para-hydroxylation sites is 2. The Balaban J connectivity index is 1.37. The van der Waals surface area contributed by atoms with Crippen LogP contribution in [0.4, 0.5) is 5.69 Å². The van der Waals surface area contributed by atoms with Gasteiger partial charge in [-0.1, -0.05) is 41.9 Å². The number of carbonyl (C=O) groups is 1. The van der Waals surface area contributed by atoms with E-state index in [0.717, 1.165) is 16.6 Å². The average Bonchev–Trinajstić information content (AvgIpc) is 3.41. The first-order chi connectivity index (χ1) is 14.7. The third kappa shape index (κ3) is 3.58. The van der Waals surface area contributed by atoms with E-state index in [1.165, 1.54) is 0 Å². The van der Waals surface area contributed by atoms with Gasteiger partial charge in [0.05, 0.1) is 0 Å². The van der Waals surface area contributed by atoms with E-state index in [4.69, 9.17) is 20.4 Å². The van der Waals surface area contributed by atoms with E-state index in [2.05, 4.69) is 10.3 Å². The molecular formula is C24H15ClN2O3. The predicted molar refractivity (Wildman–Crippen MR) is 117 cm³/mol. The number of amides is 1. The quantitative estimate of drug-likeness (QED) is 0.357. The van der Waals surface area contributed by atoms with Gasteiger partial charge >= 0.3 is 0 Å². The Morgan fingerprint density at radius 3 is 2.53 bits per heavy atom. The standard InChI is InChI=1S/C24H15ClN2O3/c25-17-7-3-5-15(13-17)20-11-12-22(29-20)23(28)26-18-8-4-6-16(14-18)24-27-19-9-1-2-10-21(19)30-24/h1-14H,(H,26,28). The maximum atomic E-state index is 12.6.